The molecule has 0 radical (unpaired) electrons. The van der Waals surface area contributed by atoms with Gasteiger partial charge in [0.25, 0.3) is 0 Å². The van der Waals surface area contributed by atoms with E-state index < -0.39 is 0 Å². The van der Waals surface area contributed by atoms with E-state index in [-0.39, 0.29) is 24.0 Å². The van der Waals surface area contributed by atoms with Crippen molar-refractivity contribution in [2.24, 2.45) is 0 Å². The third-order valence-corrected chi connectivity index (χ3v) is 1.31. The maximum Gasteiger partial charge on any atom is 0.210 e. The van der Waals surface area contributed by atoms with Crippen molar-refractivity contribution in [2.45, 2.75) is 19.8 Å². The largest absolute Gasteiger partial charge is 0.481 e. The van der Waals surface area contributed by atoms with Gasteiger partial charge in [0.15, 0.2) is 0 Å². The van der Waals surface area contributed by atoms with Gasteiger partial charge >= 0.3 is 0 Å². The number of imidazole rings is 1. The summed E-state index contributed by atoms with van der Waals surface area (Å²) in [4.78, 5) is 7.13. The topological polar surface area (TPSA) is 37.9 Å². The van der Waals surface area contributed by atoms with E-state index in [0.29, 0.717) is 0 Å². The van der Waals surface area contributed by atoms with Gasteiger partial charge in [0, 0.05) is 6.42 Å². The molecule has 0 aliphatic heterocycles. The monoisotopic (exact) mass is 268 g/mol. The maximum atomic E-state index is 4.92. The summed E-state index contributed by atoms with van der Waals surface area (Å²) in [6.45, 7) is 2.12. The van der Waals surface area contributed by atoms with E-state index >= 15 is 0 Å². The summed E-state index contributed by atoms with van der Waals surface area (Å²) in [6.07, 6.45) is 3.80. The Morgan fingerprint density at radius 2 is 2.36 bits per heavy atom. The zero-order chi connectivity index (χ0) is 7.40. The molecule has 4 heteroatoms. The molecule has 0 saturated heterocycles. The van der Waals surface area contributed by atoms with Crippen LogP contribution in [0.5, 0.6) is 5.88 Å². The van der Waals surface area contributed by atoms with Crippen LogP contribution < -0.4 is 4.74 Å². The molecule has 1 aromatic rings. The highest BCUT2D eigenvalue weighted by Gasteiger charge is 1.96. The number of hydrogen-bond donors (Lipinski definition) is 1. The zero-order valence-electron chi connectivity index (χ0n) is 6.76. The molecule has 0 aliphatic carbocycles. The Hall–Kier alpha value is -0.260. The molecule has 0 atom stereocenters. The van der Waals surface area contributed by atoms with E-state index in [1.165, 1.54) is 0 Å². The van der Waals surface area contributed by atoms with Crippen LogP contribution in [-0.4, -0.2) is 17.1 Å². The highest BCUT2D eigenvalue weighted by molar-refractivity contribution is 14.0. The van der Waals surface area contributed by atoms with Crippen molar-refractivity contribution in [1.29, 1.82) is 0 Å². The molecular formula is C7H13IN2O. The molecule has 3 nitrogen and oxygen atoms in total. The van der Waals surface area contributed by atoms with Crippen LogP contribution in [-0.2, 0) is 6.42 Å². The third kappa shape index (κ3) is 3.09. The van der Waals surface area contributed by atoms with Gasteiger partial charge in [-0.2, -0.15) is 0 Å². The van der Waals surface area contributed by atoms with Gasteiger partial charge in [-0.05, 0) is 6.42 Å². The molecule has 0 saturated carbocycles. The van der Waals surface area contributed by atoms with Crippen LogP contribution in [0.25, 0.3) is 0 Å². The quantitative estimate of drug-likeness (QED) is 0.851. The average molecular weight is 268 g/mol. The van der Waals surface area contributed by atoms with Gasteiger partial charge in [-0.3, -0.25) is 0 Å². The number of ether oxygens (including phenoxy) is 1. The Bertz CT molecular complexity index is 200. The first-order valence-corrected chi connectivity index (χ1v) is 3.44. The first-order chi connectivity index (χ1) is 4.86. The van der Waals surface area contributed by atoms with Gasteiger partial charge < -0.3 is 9.72 Å². The predicted molar refractivity (Wildman–Crippen MR) is 54.5 cm³/mol. The third-order valence-electron chi connectivity index (χ3n) is 1.31. The number of hydrogen-bond acceptors (Lipinski definition) is 2. The van der Waals surface area contributed by atoms with Crippen molar-refractivity contribution in [3.05, 3.63) is 12.0 Å². The van der Waals surface area contributed by atoms with Gasteiger partial charge in [0.2, 0.25) is 5.88 Å². The van der Waals surface area contributed by atoms with Crippen LogP contribution in [0.4, 0.5) is 0 Å². The zero-order valence-corrected chi connectivity index (χ0v) is 9.09. The first kappa shape index (κ1) is 10.7. The van der Waals surface area contributed by atoms with E-state index in [1.54, 1.807) is 13.3 Å². The summed E-state index contributed by atoms with van der Waals surface area (Å²) in [6, 6.07) is 0. The van der Waals surface area contributed by atoms with Crippen LogP contribution >= 0.6 is 24.0 Å². The lowest BCUT2D eigenvalue weighted by Crippen LogP contribution is -1.86. The number of aromatic amines is 1. The Labute approximate surface area is 83.6 Å². The first-order valence-electron chi connectivity index (χ1n) is 3.44. The lowest BCUT2D eigenvalue weighted by atomic mass is 10.3. The van der Waals surface area contributed by atoms with Crippen LogP contribution in [0.15, 0.2) is 6.20 Å². The molecule has 0 fully saturated rings. The van der Waals surface area contributed by atoms with Gasteiger partial charge in [0.05, 0.1) is 13.3 Å². The number of rotatable bonds is 3. The number of halogens is 1. The summed E-state index contributed by atoms with van der Waals surface area (Å²) >= 11 is 0. The van der Waals surface area contributed by atoms with Crippen molar-refractivity contribution in [1.82, 2.24) is 9.97 Å². The summed E-state index contributed by atoms with van der Waals surface area (Å²) in [5.74, 6) is 1.74. The van der Waals surface area contributed by atoms with Gasteiger partial charge in [-0.25, -0.2) is 4.98 Å². The number of nitrogens with zero attached hydrogens (tertiary/aromatic N) is 1. The second-order valence-corrected chi connectivity index (χ2v) is 2.15. The van der Waals surface area contributed by atoms with E-state index in [1.807, 2.05) is 0 Å². The van der Waals surface area contributed by atoms with Crippen LogP contribution in [0.2, 0.25) is 0 Å². The Morgan fingerprint density at radius 1 is 1.64 bits per heavy atom. The van der Waals surface area contributed by atoms with Gasteiger partial charge in [0.1, 0.15) is 5.82 Å². The van der Waals surface area contributed by atoms with Crippen molar-refractivity contribution in [2.75, 3.05) is 7.11 Å². The summed E-state index contributed by atoms with van der Waals surface area (Å²) in [5, 5.41) is 0. The lowest BCUT2D eigenvalue weighted by Gasteiger charge is -1.91. The van der Waals surface area contributed by atoms with Crippen LogP contribution in [0.1, 0.15) is 19.2 Å². The maximum absolute atomic E-state index is 4.92. The van der Waals surface area contributed by atoms with Gasteiger partial charge in [-0.15, -0.1) is 24.0 Å². The molecule has 0 unspecified atom stereocenters. The van der Waals surface area contributed by atoms with Crippen LogP contribution in [0, 0.1) is 0 Å². The van der Waals surface area contributed by atoms with E-state index in [0.717, 1.165) is 24.5 Å². The van der Waals surface area contributed by atoms with Crippen molar-refractivity contribution in [3.8, 4) is 5.88 Å². The molecule has 1 heterocycles. The van der Waals surface area contributed by atoms with Crippen molar-refractivity contribution in [3.63, 3.8) is 0 Å². The summed E-state index contributed by atoms with van der Waals surface area (Å²) in [5.41, 5.74) is 0. The van der Waals surface area contributed by atoms with E-state index in [2.05, 4.69) is 16.9 Å². The normalized spacial score (nSPS) is 8.91. The number of methoxy groups -OCH3 is 1. The van der Waals surface area contributed by atoms with Crippen molar-refractivity contribution >= 4 is 24.0 Å². The Morgan fingerprint density at radius 3 is 2.82 bits per heavy atom. The second-order valence-electron chi connectivity index (χ2n) is 2.15. The molecule has 11 heavy (non-hydrogen) atoms. The fourth-order valence-electron chi connectivity index (χ4n) is 0.811. The average Bonchev–Trinajstić information content (AvgIpc) is 2.37. The summed E-state index contributed by atoms with van der Waals surface area (Å²) in [7, 11) is 1.63. The molecule has 0 aromatic carbocycles. The number of nitrogens with one attached hydrogen (secondary N) is 1. The lowest BCUT2D eigenvalue weighted by molar-refractivity contribution is 0.399. The van der Waals surface area contributed by atoms with Gasteiger partial charge in [-0.1, -0.05) is 6.92 Å². The SMILES string of the molecule is CCCc1ncc(OC)[nH]1.I. The molecule has 0 spiro atoms. The predicted octanol–water partition coefficient (Wildman–Crippen LogP) is 1.99. The highest BCUT2D eigenvalue weighted by atomic mass is 127. The molecular weight excluding hydrogens is 255 g/mol. The van der Waals surface area contributed by atoms with Crippen molar-refractivity contribution < 1.29 is 4.74 Å². The molecule has 0 amide bonds. The number of H-pyrrole nitrogens is 1. The molecule has 0 aliphatic rings. The molecule has 64 valence electrons. The number of aryl methyl sites for hydroxylation is 1. The molecule has 1 aromatic heterocycles. The minimum atomic E-state index is 0. The van der Waals surface area contributed by atoms with E-state index in [4.69, 9.17) is 4.74 Å². The fraction of sp³-hybridized carbons (Fsp3) is 0.571. The smallest absolute Gasteiger partial charge is 0.210 e. The van der Waals surface area contributed by atoms with E-state index in [9.17, 15) is 0 Å². The molecule has 1 N–H and O–H groups in total. The Balaban J connectivity index is 0.000001000. The second kappa shape index (κ2) is 5.40. The fourth-order valence-corrected chi connectivity index (χ4v) is 0.811. The number of aromatic nitrogens is 2. The molecule has 0 bridgehead atoms. The summed E-state index contributed by atoms with van der Waals surface area (Å²) < 4.78 is 4.92. The molecule has 1 rings (SSSR count). The minimum absolute atomic E-state index is 0. The minimum Gasteiger partial charge on any atom is -0.481 e. The standard InChI is InChI=1S/C7H12N2O.HI/c1-3-4-6-8-5-7(9-6)10-2;/h5H,3-4H2,1-2H3,(H,8,9);1H. The Kier molecular flexibility index (Phi) is 5.27. The van der Waals surface area contributed by atoms with Crippen LogP contribution in [0.3, 0.4) is 0 Å². The highest BCUT2D eigenvalue weighted by Crippen LogP contribution is 2.05.